The van der Waals surface area contributed by atoms with Crippen molar-refractivity contribution in [2.24, 2.45) is 5.73 Å². The van der Waals surface area contributed by atoms with E-state index in [1.54, 1.807) is 21.0 Å². The molecular weight excluding hydrogens is 160 g/mol. The highest BCUT2D eigenvalue weighted by Gasteiger charge is 2.12. The van der Waals surface area contributed by atoms with Crippen LogP contribution in [0.2, 0.25) is 0 Å². The van der Waals surface area contributed by atoms with E-state index in [9.17, 15) is 9.59 Å². The van der Waals surface area contributed by atoms with E-state index in [4.69, 9.17) is 5.73 Å². The molecule has 1 atom stereocenters. The molecule has 5 heteroatoms. The molecule has 12 heavy (non-hydrogen) atoms. The molecule has 0 rings (SSSR count). The summed E-state index contributed by atoms with van der Waals surface area (Å²) in [7, 11) is 3.28. The van der Waals surface area contributed by atoms with Crippen LogP contribution in [0.3, 0.4) is 0 Å². The number of carbonyl (C=O) groups excluding carboxylic acids is 2. The zero-order chi connectivity index (χ0) is 9.72. The molecule has 0 saturated heterocycles. The molecule has 2 amide bonds. The van der Waals surface area contributed by atoms with Crippen molar-refractivity contribution in [3.8, 4) is 0 Å². The van der Waals surface area contributed by atoms with Gasteiger partial charge in [0.15, 0.2) is 0 Å². The second-order valence-corrected chi connectivity index (χ2v) is 2.74. The summed E-state index contributed by atoms with van der Waals surface area (Å²) in [4.78, 5) is 22.7. The quantitative estimate of drug-likeness (QED) is 0.651. The maximum absolute atomic E-state index is 11.0. The van der Waals surface area contributed by atoms with Crippen molar-refractivity contribution >= 4 is 12.0 Å². The van der Waals surface area contributed by atoms with Gasteiger partial charge in [-0.1, -0.05) is 0 Å². The van der Waals surface area contributed by atoms with Crippen molar-refractivity contribution in [3.05, 3.63) is 0 Å². The van der Waals surface area contributed by atoms with Crippen LogP contribution in [0.25, 0.3) is 0 Å². The van der Waals surface area contributed by atoms with Crippen LogP contribution < -0.4 is 5.73 Å². The summed E-state index contributed by atoms with van der Waals surface area (Å²) in [6.45, 7) is 1.62. The van der Waals surface area contributed by atoms with Crippen molar-refractivity contribution in [2.75, 3.05) is 14.1 Å². The van der Waals surface area contributed by atoms with Crippen molar-refractivity contribution in [2.45, 2.75) is 19.4 Å². The van der Waals surface area contributed by atoms with Gasteiger partial charge >= 0.3 is 6.09 Å². The fourth-order valence-electron chi connectivity index (χ4n) is 0.668. The number of carbonyl (C=O) groups is 2. The van der Waals surface area contributed by atoms with Crippen LogP contribution in [-0.4, -0.2) is 37.1 Å². The van der Waals surface area contributed by atoms with Crippen LogP contribution in [-0.2, 0) is 9.53 Å². The minimum absolute atomic E-state index is 0.0937. The second kappa shape index (κ2) is 4.58. The lowest BCUT2D eigenvalue weighted by Gasteiger charge is -2.14. The van der Waals surface area contributed by atoms with E-state index in [0.717, 1.165) is 0 Å². The summed E-state index contributed by atoms with van der Waals surface area (Å²) in [6, 6.07) is 0. The number of amides is 2. The molecule has 0 aromatic carbocycles. The Kier molecular flexibility index (Phi) is 4.10. The van der Waals surface area contributed by atoms with Crippen LogP contribution in [0.1, 0.15) is 13.3 Å². The third-order valence-electron chi connectivity index (χ3n) is 1.28. The first-order chi connectivity index (χ1) is 5.43. The summed E-state index contributed by atoms with van der Waals surface area (Å²) in [5.74, 6) is -0.0937. The zero-order valence-electron chi connectivity index (χ0n) is 7.53. The summed E-state index contributed by atoms with van der Waals surface area (Å²) < 4.78 is 4.56. The average Bonchev–Trinajstić information content (AvgIpc) is 1.84. The van der Waals surface area contributed by atoms with Crippen LogP contribution in [0.4, 0.5) is 4.79 Å². The summed E-state index contributed by atoms with van der Waals surface area (Å²) in [6.07, 6.45) is -1.15. The monoisotopic (exact) mass is 174 g/mol. The molecule has 1 unspecified atom stereocenters. The van der Waals surface area contributed by atoms with Gasteiger partial charge in [0.05, 0.1) is 6.42 Å². The molecule has 0 aliphatic rings. The van der Waals surface area contributed by atoms with Gasteiger partial charge in [-0.3, -0.25) is 4.79 Å². The highest BCUT2D eigenvalue weighted by atomic mass is 16.6. The first kappa shape index (κ1) is 10.7. The molecule has 2 N–H and O–H groups in total. The van der Waals surface area contributed by atoms with Gasteiger partial charge in [0.25, 0.3) is 0 Å². The smallest absolute Gasteiger partial charge is 0.404 e. The Hall–Kier alpha value is -1.26. The maximum atomic E-state index is 11.0. The van der Waals surface area contributed by atoms with E-state index >= 15 is 0 Å². The first-order valence-electron chi connectivity index (χ1n) is 3.59. The molecule has 0 spiro atoms. The molecule has 5 nitrogen and oxygen atoms in total. The highest BCUT2D eigenvalue weighted by molar-refractivity contribution is 5.76. The van der Waals surface area contributed by atoms with E-state index in [1.807, 2.05) is 0 Å². The minimum Gasteiger partial charge on any atom is -0.446 e. The Morgan fingerprint density at radius 3 is 2.33 bits per heavy atom. The molecule has 0 bridgehead atoms. The third kappa shape index (κ3) is 4.54. The lowest BCUT2D eigenvalue weighted by atomic mass is 10.2. The Labute approximate surface area is 71.5 Å². The fraction of sp³-hybridized carbons (Fsp3) is 0.714. The van der Waals surface area contributed by atoms with Gasteiger partial charge in [0.2, 0.25) is 5.91 Å². The van der Waals surface area contributed by atoms with Gasteiger partial charge in [-0.05, 0) is 6.92 Å². The van der Waals surface area contributed by atoms with E-state index in [-0.39, 0.29) is 12.3 Å². The number of nitrogens with two attached hydrogens (primary N) is 1. The predicted molar refractivity (Wildman–Crippen MR) is 43.4 cm³/mol. The molecule has 0 aromatic rings. The molecule has 0 radical (unpaired) electrons. The maximum Gasteiger partial charge on any atom is 0.404 e. The van der Waals surface area contributed by atoms with E-state index in [0.29, 0.717) is 0 Å². The van der Waals surface area contributed by atoms with Gasteiger partial charge in [-0.25, -0.2) is 4.79 Å². The van der Waals surface area contributed by atoms with E-state index < -0.39 is 12.2 Å². The van der Waals surface area contributed by atoms with Gasteiger partial charge in [-0.2, -0.15) is 0 Å². The SMILES string of the molecule is CC(CC(=O)N(C)C)OC(N)=O. The van der Waals surface area contributed by atoms with Gasteiger partial charge in [0.1, 0.15) is 6.10 Å². The Balaban J connectivity index is 3.76. The average molecular weight is 174 g/mol. The Bertz CT molecular complexity index is 179. The number of nitrogens with zero attached hydrogens (tertiary/aromatic N) is 1. The van der Waals surface area contributed by atoms with Crippen molar-refractivity contribution in [3.63, 3.8) is 0 Å². The fourth-order valence-corrected chi connectivity index (χ4v) is 0.668. The number of rotatable bonds is 3. The zero-order valence-corrected chi connectivity index (χ0v) is 7.53. The first-order valence-corrected chi connectivity index (χ1v) is 3.59. The van der Waals surface area contributed by atoms with Gasteiger partial charge in [0, 0.05) is 14.1 Å². The summed E-state index contributed by atoms with van der Waals surface area (Å²) in [5, 5.41) is 0. The highest BCUT2D eigenvalue weighted by Crippen LogP contribution is 1.99. The van der Waals surface area contributed by atoms with E-state index in [1.165, 1.54) is 4.90 Å². The number of hydrogen-bond donors (Lipinski definition) is 1. The second-order valence-electron chi connectivity index (χ2n) is 2.74. The van der Waals surface area contributed by atoms with Crippen molar-refractivity contribution < 1.29 is 14.3 Å². The van der Waals surface area contributed by atoms with Crippen molar-refractivity contribution in [1.82, 2.24) is 4.90 Å². The van der Waals surface area contributed by atoms with Crippen LogP contribution in [0.5, 0.6) is 0 Å². The molecular formula is C7H14N2O3. The Morgan fingerprint density at radius 1 is 1.50 bits per heavy atom. The molecule has 0 aromatic heterocycles. The normalized spacial score (nSPS) is 11.9. The molecule has 0 aliphatic carbocycles. The van der Waals surface area contributed by atoms with Crippen LogP contribution in [0, 0.1) is 0 Å². The van der Waals surface area contributed by atoms with Crippen LogP contribution >= 0.6 is 0 Å². The molecule has 70 valence electrons. The lowest BCUT2D eigenvalue weighted by molar-refractivity contribution is -0.130. The molecule has 0 aliphatic heterocycles. The number of ether oxygens (including phenoxy) is 1. The predicted octanol–water partition coefficient (Wildman–Crippen LogP) is -0.0515. The Morgan fingerprint density at radius 2 is 2.00 bits per heavy atom. The van der Waals surface area contributed by atoms with Gasteiger partial charge in [-0.15, -0.1) is 0 Å². The third-order valence-corrected chi connectivity index (χ3v) is 1.28. The number of hydrogen-bond acceptors (Lipinski definition) is 3. The topological polar surface area (TPSA) is 72.6 Å². The lowest BCUT2D eigenvalue weighted by Crippen LogP contribution is -2.28. The summed E-state index contributed by atoms with van der Waals surface area (Å²) in [5.41, 5.74) is 4.76. The van der Waals surface area contributed by atoms with E-state index in [2.05, 4.69) is 4.74 Å². The molecule has 0 heterocycles. The largest absolute Gasteiger partial charge is 0.446 e. The number of primary amides is 1. The van der Waals surface area contributed by atoms with Gasteiger partial charge < -0.3 is 15.4 Å². The minimum atomic E-state index is -0.853. The summed E-state index contributed by atoms with van der Waals surface area (Å²) >= 11 is 0. The molecule has 0 fully saturated rings. The molecule has 0 saturated carbocycles. The van der Waals surface area contributed by atoms with Crippen molar-refractivity contribution in [1.29, 1.82) is 0 Å². The standard InChI is InChI=1S/C7H14N2O3/c1-5(12-7(8)11)4-6(10)9(2)3/h5H,4H2,1-3H3,(H2,8,11). The van der Waals surface area contributed by atoms with Crippen LogP contribution in [0.15, 0.2) is 0 Å².